The molecule has 0 radical (unpaired) electrons. The molecule has 0 bridgehead atoms. The van der Waals surface area contributed by atoms with Crippen LogP contribution >= 0.6 is 0 Å². The first-order valence-electron chi connectivity index (χ1n) is 10.4. The molecule has 2 amide bonds. The van der Waals surface area contributed by atoms with Crippen LogP contribution in [0.2, 0.25) is 0 Å². The van der Waals surface area contributed by atoms with Crippen LogP contribution in [-0.4, -0.2) is 49.8 Å². The van der Waals surface area contributed by atoms with E-state index in [9.17, 15) is 19.5 Å². The molecular formula is C23H18N6O6. The van der Waals surface area contributed by atoms with Gasteiger partial charge in [-0.05, 0) is 32.6 Å². The van der Waals surface area contributed by atoms with Crippen LogP contribution in [0.15, 0.2) is 59.4 Å². The van der Waals surface area contributed by atoms with E-state index in [4.69, 9.17) is 4.74 Å². The van der Waals surface area contributed by atoms with Gasteiger partial charge < -0.3 is 15.2 Å². The highest BCUT2D eigenvalue weighted by Gasteiger charge is 2.30. The first kappa shape index (κ1) is 21.8. The number of fused-ring (bicyclic) bond motifs is 3. The first-order chi connectivity index (χ1) is 16.9. The second kappa shape index (κ2) is 8.74. The zero-order valence-electron chi connectivity index (χ0n) is 18.3. The predicted molar refractivity (Wildman–Crippen MR) is 121 cm³/mol. The van der Waals surface area contributed by atoms with Crippen LogP contribution in [0.4, 0.5) is 16.4 Å². The number of nitrogens with one attached hydrogen (secondary N) is 2. The number of nitrogens with zero attached hydrogens (tertiary/aromatic N) is 4. The van der Waals surface area contributed by atoms with E-state index >= 15 is 0 Å². The minimum Gasteiger partial charge on any atom is -0.477 e. The van der Waals surface area contributed by atoms with E-state index in [0.29, 0.717) is 0 Å². The van der Waals surface area contributed by atoms with Gasteiger partial charge in [0.05, 0.1) is 6.20 Å². The molecule has 2 heterocycles. The maximum atomic E-state index is 12.6. The van der Waals surface area contributed by atoms with Gasteiger partial charge in [-0.25, -0.2) is 14.2 Å². The van der Waals surface area contributed by atoms with E-state index < -0.39 is 18.0 Å². The van der Waals surface area contributed by atoms with Gasteiger partial charge >= 0.3 is 12.1 Å². The highest BCUT2D eigenvalue weighted by molar-refractivity contribution is 6.09. The van der Waals surface area contributed by atoms with Crippen molar-refractivity contribution in [1.29, 1.82) is 0 Å². The molecule has 0 spiro atoms. The van der Waals surface area contributed by atoms with Crippen molar-refractivity contribution in [1.82, 2.24) is 20.1 Å². The van der Waals surface area contributed by atoms with Gasteiger partial charge in [-0.2, -0.15) is 5.10 Å². The number of anilines is 2. The zero-order valence-corrected chi connectivity index (χ0v) is 18.3. The molecule has 0 fully saturated rings. The standard InChI is InChI=1S/C23H18N6O6/c1-29-20(16(10-24-29)22(31)32)26-21(30)18-19(28-35-27-18)25-23(33)34-11-17-14-8-4-2-6-12(14)13-7-3-5-9-15(13)17/h2-10,17H,11H2,1H3,(H,26,30)(H,31,32)(H,25,28,33). The van der Waals surface area contributed by atoms with E-state index in [2.05, 4.69) is 30.7 Å². The number of hydrogen-bond donors (Lipinski definition) is 3. The van der Waals surface area contributed by atoms with E-state index in [1.807, 2.05) is 48.5 Å². The van der Waals surface area contributed by atoms with Crippen molar-refractivity contribution in [2.24, 2.45) is 7.05 Å². The fraction of sp³-hybridized carbons (Fsp3) is 0.130. The molecule has 1 aliphatic rings. The number of carboxylic acid groups (broad SMARTS) is 1. The average Bonchev–Trinajstić information content (AvgIpc) is 3.54. The second-order valence-electron chi connectivity index (χ2n) is 7.70. The third kappa shape index (κ3) is 3.97. The van der Waals surface area contributed by atoms with Gasteiger partial charge in [0, 0.05) is 13.0 Å². The van der Waals surface area contributed by atoms with E-state index in [-0.39, 0.29) is 35.4 Å². The highest BCUT2D eigenvalue weighted by atomic mass is 16.6. The third-order valence-electron chi connectivity index (χ3n) is 5.67. The van der Waals surface area contributed by atoms with Gasteiger partial charge in [-0.15, -0.1) is 0 Å². The number of carboxylic acids is 1. The van der Waals surface area contributed by atoms with Gasteiger partial charge in [0.15, 0.2) is 0 Å². The molecule has 176 valence electrons. The van der Waals surface area contributed by atoms with Crippen molar-refractivity contribution in [3.63, 3.8) is 0 Å². The van der Waals surface area contributed by atoms with E-state index in [1.165, 1.54) is 11.7 Å². The fourth-order valence-corrected chi connectivity index (χ4v) is 4.06. The molecule has 1 aliphatic carbocycles. The van der Waals surface area contributed by atoms with Crippen molar-refractivity contribution in [3.8, 4) is 11.1 Å². The lowest BCUT2D eigenvalue weighted by molar-refractivity contribution is 0.0698. The Morgan fingerprint density at radius 1 is 1.03 bits per heavy atom. The Morgan fingerprint density at radius 2 is 1.69 bits per heavy atom. The molecular weight excluding hydrogens is 456 g/mol. The van der Waals surface area contributed by atoms with Crippen molar-refractivity contribution < 1.29 is 28.9 Å². The average molecular weight is 474 g/mol. The van der Waals surface area contributed by atoms with Gasteiger partial charge in [0.1, 0.15) is 18.0 Å². The zero-order chi connectivity index (χ0) is 24.5. The molecule has 5 rings (SSSR count). The van der Waals surface area contributed by atoms with Crippen LogP contribution < -0.4 is 10.6 Å². The van der Waals surface area contributed by atoms with E-state index in [0.717, 1.165) is 28.5 Å². The van der Waals surface area contributed by atoms with Gasteiger partial charge in [0.2, 0.25) is 11.5 Å². The van der Waals surface area contributed by atoms with Crippen LogP contribution in [-0.2, 0) is 11.8 Å². The lowest BCUT2D eigenvalue weighted by Gasteiger charge is -2.14. The smallest absolute Gasteiger partial charge is 0.412 e. The van der Waals surface area contributed by atoms with Crippen LogP contribution in [0.3, 0.4) is 0 Å². The number of benzene rings is 2. The predicted octanol–water partition coefficient (Wildman–Crippen LogP) is 3.11. The SMILES string of the molecule is Cn1ncc(C(=O)O)c1NC(=O)c1nonc1NC(=O)OCC1c2ccccc2-c2ccccc21. The number of hydrogen-bond acceptors (Lipinski definition) is 8. The minimum atomic E-state index is -1.27. The Hall–Kier alpha value is -5.00. The number of ether oxygens (including phenoxy) is 1. The Bertz CT molecular complexity index is 1410. The molecule has 0 atom stereocenters. The number of aromatic carboxylic acids is 1. The molecule has 0 aliphatic heterocycles. The summed E-state index contributed by atoms with van der Waals surface area (Å²) in [7, 11) is 1.46. The second-order valence-corrected chi connectivity index (χ2v) is 7.70. The molecule has 0 saturated heterocycles. The molecule has 12 heteroatoms. The Morgan fingerprint density at radius 3 is 2.34 bits per heavy atom. The van der Waals surface area contributed by atoms with Crippen LogP contribution in [0.1, 0.15) is 37.9 Å². The summed E-state index contributed by atoms with van der Waals surface area (Å²) < 4.78 is 11.2. The van der Waals surface area contributed by atoms with Gasteiger partial charge in [-0.3, -0.25) is 14.8 Å². The molecule has 2 aromatic heterocycles. The van der Waals surface area contributed by atoms with Crippen molar-refractivity contribution in [2.75, 3.05) is 17.2 Å². The maximum Gasteiger partial charge on any atom is 0.412 e. The Labute approximate surface area is 197 Å². The largest absolute Gasteiger partial charge is 0.477 e. The minimum absolute atomic E-state index is 0.0592. The highest BCUT2D eigenvalue weighted by Crippen LogP contribution is 2.44. The molecule has 0 unspecified atom stereocenters. The number of aromatic nitrogens is 4. The van der Waals surface area contributed by atoms with Crippen LogP contribution in [0.5, 0.6) is 0 Å². The summed E-state index contributed by atoms with van der Waals surface area (Å²) in [5.41, 5.74) is 3.70. The van der Waals surface area contributed by atoms with Crippen LogP contribution in [0.25, 0.3) is 11.1 Å². The van der Waals surface area contributed by atoms with Gasteiger partial charge in [0.25, 0.3) is 5.91 Å². The molecule has 35 heavy (non-hydrogen) atoms. The third-order valence-corrected chi connectivity index (χ3v) is 5.67. The monoisotopic (exact) mass is 474 g/mol. The van der Waals surface area contributed by atoms with Gasteiger partial charge in [-0.1, -0.05) is 48.5 Å². The maximum absolute atomic E-state index is 12.6. The summed E-state index contributed by atoms with van der Waals surface area (Å²) in [6, 6.07) is 15.8. The number of amides is 2. The summed E-state index contributed by atoms with van der Waals surface area (Å²) in [5.74, 6) is -2.63. The molecule has 4 aromatic rings. The van der Waals surface area contributed by atoms with Crippen molar-refractivity contribution in [2.45, 2.75) is 5.92 Å². The molecule has 12 nitrogen and oxygen atoms in total. The number of carbonyl (C=O) groups excluding carboxylic acids is 2. The normalized spacial score (nSPS) is 12.0. The van der Waals surface area contributed by atoms with Crippen molar-refractivity contribution in [3.05, 3.63) is 77.1 Å². The lowest BCUT2D eigenvalue weighted by atomic mass is 9.98. The molecule has 2 aromatic carbocycles. The molecule has 3 N–H and O–H groups in total. The summed E-state index contributed by atoms with van der Waals surface area (Å²) in [5, 5.41) is 24.8. The summed E-state index contributed by atoms with van der Waals surface area (Å²) in [6.07, 6.45) is 0.234. The first-order valence-corrected chi connectivity index (χ1v) is 10.4. The van der Waals surface area contributed by atoms with Crippen LogP contribution in [0, 0.1) is 0 Å². The molecule has 0 saturated carbocycles. The Kier molecular flexibility index (Phi) is 5.45. The number of carbonyl (C=O) groups is 3. The fourth-order valence-electron chi connectivity index (χ4n) is 4.06. The lowest BCUT2D eigenvalue weighted by Crippen LogP contribution is -2.22. The summed E-state index contributed by atoms with van der Waals surface area (Å²) >= 11 is 0. The number of rotatable bonds is 6. The summed E-state index contributed by atoms with van der Waals surface area (Å²) in [4.78, 5) is 36.5. The summed E-state index contributed by atoms with van der Waals surface area (Å²) in [6.45, 7) is 0.0592. The van der Waals surface area contributed by atoms with E-state index in [1.54, 1.807) is 0 Å². The number of aryl methyl sites for hydroxylation is 1. The topological polar surface area (TPSA) is 161 Å². The van der Waals surface area contributed by atoms with Crippen molar-refractivity contribution >= 4 is 29.6 Å². The quantitative estimate of drug-likeness (QED) is 0.381. The Balaban J connectivity index is 1.27.